The molecule has 1 aliphatic rings. The van der Waals surface area contributed by atoms with E-state index in [1.54, 1.807) is 0 Å². The third-order valence-electron chi connectivity index (χ3n) is 5.22. The first-order chi connectivity index (χ1) is 12.7. The topological polar surface area (TPSA) is 55.4 Å². The number of aliphatic carboxylic acids is 1. The van der Waals surface area contributed by atoms with Crippen LogP contribution >= 0.6 is 0 Å². The van der Waals surface area contributed by atoms with Crippen LogP contribution in [0.1, 0.15) is 36.3 Å². The Morgan fingerprint density at radius 3 is 2.22 bits per heavy atom. The van der Waals surface area contributed by atoms with E-state index in [9.17, 15) is 9.90 Å². The van der Waals surface area contributed by atoms with Crippen molar-refractivity contribution in [2.45, 2.75) is 31.2 Å². The van der Waals surface area contributed by atoms with Crippen molar-refractivity contribution in [1.82, 2.24) is 10.2 Å². The average molecular weight is 374 g/mol. The fraction of sp³-hybridized carbons (Fsp3) is 0.409. The molecule has 27 heavy (non-hydrogen) atoms. The summed E-state index contributed by atoms with van der Waals surface area (Å²) in [5.41, 5.74) is 2.62. The summed E-state index contributed by atoms with van der Waals surface area (Å²) in [5, 5.41) is 14.6. The maximum atomic E-state index is 11.1. The Balaban J connectivity index is 0.00000261. The van der Waals surface area contributed by atoms with E-state index in [1.807, 2.05) is 12.1 Å². The molecule has 138 valence electrons. The van der Waals surface area contributed by atoms with Crippen LogP contribution in [0.15, 0.2) is 60.7 Å². The molecular formula is C22H27N2NaO2. The normalized spacial score (nSPS) is 17.9. The van der Waals surface area contributed by atoms with E-state index in [4.69, 9.17) is 0 Å². The molecule has 5 heteroatoms. The predicted molar refractivity (Wildman–Crippen MR) is 102 cm³/mol. The van der Waals surface area contributed by atoms with E-state index >= 15 is 0 Å². The van der Waals surface area contributed by atoms with Gasteiger partial charge in [0.25, 0.3) is 0 Å². The standard InChI is InChI=1S/C22H28N2O2.Na/c25-22(26)17-24-15-7-14-23-16-20(24)12-13-21(18-8-3-1-4-9-18)19-10-5-2-6-11-19;/h1-6,8-11,20-21,23H,7,12-17H2,(H,25,26);/q;+1/p-1. The van der Waals surface area contributed by atoms with Crippen molar-refractivity contribution in [2.75, 3.05) is 26.2 Å². The zero-order chi connectivity index (χ0) is 18.2. The number of benzene rings is 2. The van der Waals surface area contributed by atoms with Crippen molar-refractivity contribution in [1.29, 1.82) is 0 Å². The second-order valence-corrected chi connectivity index (χ2v) is 7.01. The quantitative estimate of drug-likeness (QED) is 0.633. The molecule has 0 aromatic heterocycles. The van der Waals surface area contributed by atoms with Crippen LogP contribution in [0.25, 0.3) is 0 Å². The van der Waals surface area contributed by atoms with Gasteiger partial charge in [-0.15, -0.1) is 0 Å². The Morgan fingerprint density at radius 1 is 1.07 bits per heavy atom. The molecule has 4 nitrogen and oxygen atoms in total. The minimum atomic E-state index is -0.987. The molecule has 1 saturated heterocycles. The van der Waals surface area contributed by atoms with Crippen LogP contribution in [0.5, 0.6) is 0 Å². The predicted octanol–water partition coefficient (Wildman–Crippen LogP) is -0.983. The number of hydrogen-bond donors (Lipinski definition) is 1. The summed E-state index contributed by atoms with van der Waals surface area (Å²) in [4.78, 5) is 13.2. The third-order valence-corrected chi connectivity index (χ3v) is 5.22. The summed E-state index contributed by atoms with van der Waals surface area (Å²) < 4.78 is 0. The number of rotatable bonds is 7. The van der Waals surface area contributed by atoms with E-state index in [0.717, 1.165) is 38.9 Å². The van der Waals surface area contributed by atoms with E-state index in [1.165, 1.54) is 11.1 Å². The summed E-state index contributed by atoms with van der Waals surface area (Å²) in [5.74, 6) is -0.662. The molecule has 1 N–H and O–H groups in total. The Morgan fingerprint density at radius 2 is 1.67 bits per heavy atom. The van der Waals surface area contributed by atoms with E-state index in [0.29, 0.717) is 5.92 Å². The summed E-state index contributed by atoms with van der Waals surface area (Å²) in [6.45, 7) is 2.62. The first kappa shape index (κ1) is 22.1. The van der Waals surface area contributed by atoms with Gasteiger partial charge in [-0.05, 0) is 36.9 Å². The number of nitrogens with zero attached hydrogens (tertiary/aromatic N) is 1. The molecule has 1 fully saturated rings. The molecule has 3 rings (SSSR count). The van der Waals surface area contributed by atoms with Gasteiger partial charge < -0.3 is 15.2 Å². The van der Waals surface area contributed by atoms with E-state index < -0.39 is 5.97 Å². The number of carbonyl (C=O) groups excluding carboxylic acids is 1. The Bertz CT molecular complexity index is 642. The first-order valence-corrected chi connectivity index (χ1v) is 9.48. The first-order valence-electron chi connectivity index (χ1n) is 9.48. The molecule has 1 aliphatic heterocycles. The van der Waals surface area contributed by atoms with Gasteiger partial charge in [0.2, 0.25) is 0 Å². The molecule has 1 unspecified atom stereocenters. The summed E-state index contributed by atoms with van der Waals surface area (Å²) in [6.07, 6.45) is 2.92. The van der Waals surface area contributed by atoms with E-state index in [-0.39, 0.29) is 42.1 Å². The minimum Gasteiger partial charge on any atom is -0.549 e. The number of carboxylic acids is 1. The van der Waals surface area contributed by atoms with Crippen LogP contribution in [0.4, 0.5) is 0 Å². The Kier molecular flexibility index (Phi) is 9.52. The molecule has 0 spiro atoms. The van der Waals surface area contributed by atoms with Crippen molar-refractivity contribution in [3.8, 4) is 0 Å². The van der Waals surface area contributed by atoms with Crippen LogP contribution in [-0.2, 0) is 4.79 Å². The van der Waals surface area contributed by atoms with Crippen molar-refractivity contribution in [3.63, 3.8) is 0 Å². The van der Waals surface area contributed by atoms with Crippen molar-refractivity contribution in [3.05, 3.63) is 71.8 Å². The fourth-order valence-electron chi connectivity index (χ4n) is 3.90. The molecule has 0 amide bonds. The van der Waals surface area contributed by atoms with Crippen molar-refractivity contribution < 1.29 is 39.5 Å². The van der Waals surface area contributed by atoms with Gasteiger partial charge in [0.05, 0.1) is 5.97 Å². The molecule has 0 aliphatic carbocycles. The van der Waals surface area contributed by atoms with Crippen LogP contribution in [0.2, 0.25) is 0 Å². The number of carboxylic acid groups (broad SMARTS) is 1. The molecule has 1 atom stereocenters. The second-order valence-electron chi connectivity index (χ2n) is 7.01. The smallest absolute Gasteiger partial charge is 0.549 e. The van der Waals surface area contributed by atoms with Crippen molar-refractivity contribution >= 4 is 5.97 Å². The molecular weight excluding hydrogens is 347 g/mol. The van der Waals surface area contributed by atoms with Crippen LogP contribution in [-0.4, -0.2) is 43.1 Å². The Labute approximate surface area is 184 Å². The van der Waals surface area contributed by atoms with Crippen LogP contribution < -0.4 is 40.0 Å². The minimum absolute atomic E-state index is 0. The number of hydrogen-bond acceptors (Lipinski definition) is 4. The zero-order valence-corrected chi connectivity index (χ0v) is 18.1. The average Bonchev–Trinajstić information content (AvgIpc) is 2.88. The van der Waals surface area contributed by atoms with Crippen molar-refractivity contribution in [2.24, 2.45) is 0 Å². The van der Waals surface area contributed by atoms with Gasteiger partial charge in [0.15, 0.2) is 0 Å². The van der Waals surface area contributed by atoms with E-state index in [2.05, 4.69) is 58.7 Å². The summed E-state index contributed by atoms with van der Waals surface area (Å²) in [7, 11) is 0. The maximum absolute atomic E-state index is 11.1. The number of carbonyl (C=O) groups is 1. The molecule has 0 saturated carbocycles. The summed E-state index contributed by atoms with van der Waals surface area (Å²) >= 11 is 0. The SMILES string of the molecule is O=C([O-])CN1CCCNCC1CCC(c1ccccc1)c1ccccc1.[Na+]. The zero-order valence-electron chi connectivity index (χ0n) is 16.1. The van der Waals surface area contributed by atoms with Gasteiger partial charge in [-0.1, -0.05) is 60.7 Å². The second kappa shape index (κ2) is 11.6. The molecule has 0 bridgehead atoms. The van der Waals surface area contributed by atoms with Crippen LogP contribution in [0, 0.1) is 0 Å². The van der Waals surface area contributed by atoms with Gasteiger partial charge >= 0.3 is 29.6 Å². The van der Waals surface area contributed by atoms with Gasteiger partial charge in [-0.25, -0.2) is 0 Å². The van der Waals surface area contributed by atoms with Crippen LogP contribution in [0.3, 0.4) is 0 Å². The Hall–Kier alpha value is -1.17. The monoisotopic (exact) mass is 374 g/mol. The van der Waals surface area contributed by atoms with Gasteiger partial charge in [0.1, 0.15) is 0 Å². The van der Waals surface area contributed by atoms with Gasteiger partial charge in [0, 0.05) is 31.6 Å². The maximum Gasteiger partial charge on any atom is 1.00 e. The largest absolute Gasteiger partial charge is 1.00 e. The number of nitrogens with one attached hydrogen (secondary N) is 1. The van der Waals surface area contributed by atoms with Gasteiger partial charge in [-0.2, -0.15) is 0 Å². The third kappa shape index (κ3) is 6.74. The molecule has 0 radical (unpaired) electrons. The van der Waals surface area contributed by atoms with Gasteiger partial charge in [-0.3, -0.25) is 4.90 Å². The summed E-state index contributed by atoms with van der Waals surface area (Å²) in [6, 6.07) is 21.4. The molecule has 2 aromatic rings. The fourth-order valence-corrected chi connectivity index (χ4v) is 3.90. The molecule has 1 heterocycles. The molecule has 2 aromatic carbocycles.